The van der Waals surface area contributed by atoms with Crippen LogP contribution in [0.1, 0.15) is 190 Å². The first-order valence-electron chi connectivity index (χ1n) is 30.0. The van der Waals surface area contributed by atoms with Gasteiger partial charge in [0.15, 0.2) is 0 Å². The van der Waals surface area contributed by atoms with Crippen LogP contribution >= 0.6 is 0 Å². The predicted molar refractivity (Wildman–Crippen MR) is 293 cm³/mol. The molecule has 3 saturated carbocycles. The van der Waals surface area contributed by atoms with Crippen LogP contribution in [0.5, 0.6) is 0 Å². The van der Waals surface area contributed by atoms with E-state index in [4.69, 9.17) is 10.5 Å². The second-order valence-corrected chi connectivity index (χ2v) is 26.1. The summed E-state index contributed by atoms with van der Waals surface area (Å²) in [5.74, 6) is 1.35. The molecule has 0 radical (unpaired) electrons. The summed E-state index contributed by atoms with van der Waals surface area (Å²) in [7, 11) is 1.85. The highest BCUT2D eigenvalue weighted by molar-refractivity contribution is 5.99. The Bertz CT molecular complexity index is 2260. The maximum absolute atomic E-state index is 14.8. The molecular formula is C61H95N7O8. The van der Waals surface area contributed by atoms with Crippen molar-refractivity contribution >= 4 is 41.4 Å². The number of carbonyl (C=O) groups is 7. The zero-order valence-corrected chi connectivity index (χ0v) is 47.6. The number of hydrogen-bond donors (Lipinski definition) is 3. The Kier molecular flexibility index (Phi) is 18.6. The molecule has 15 heteroatoms. The van der Waals surface area contributed by atoms with Gasteiger partial charge in [-0.25, -0.2) is 4.79 Å². The minimum atomic E-state index is -1.24. The van der Waals surface area contributed by atoms with Crippen molar-refractivity contribution < 1.29 is 38.3 Å². The first kappa shape index (κ1) is 57.5. The largest absolute Gasteiger partial charge is 0.461 e. The molecule has 0 bridgehead atoms. The number of nitrogens with one attached hydrogen (secondary N) is 2. The summed E-state index contributed by atoms with van der Waals surface area (Å²) in [6, 6.07) is -4.65. The molecule has 422 valence electrons. The van der Waals surface area contributed by atoms with Crippen LogP contribution in [0.25, 0.3) is 0 Å². The summed E-state index contributed by atoms with van der Waals surface area (Å²) < 4.78 is 6.44. The Labute approximate surface area is 454 Å². The van der Waals surface area contributed by atoms with Crippen LogP contribution < -0.4 is 16.4 Å². The van der Waals surface area contributed by atoms with Gasteiger partial charge >= 0.3 is 5.97 Å². The number of likely N-dealkylation sites (tertiary alicyclic amines) is 3. The number of ether oxygens (including phenoxy) is 1. The Morgan fingerprint density at radius 2 is 1.47 bits per heavy atom. The maximum atomic E-state index is 14.8. The molecule has 4 aliphatic carbocycles. The molecule has 76 heavy (non-hydrogen) atoms. The molecule has 4 aliphatic heterocycles. The topological polar surface area (TPSA) is 192 Å². The molecule has 0 aromatic rings. The Balaban J connectivity index is 0.893. The van der Waals surface area contributed by atoms with Crippen molar-refractivity contribution in [3.8, 4) is 0 Å². The second-order valence-electron chi connectivity index (χ2n) is 26.1. The number of fused-ring (bicyclic) bond motifs is 5. The van der Waals surface area contributed by atoms with Gasteiger partial charge in [-0.15, -0.1) is 0 Å². The summed E-state index contributed by atoms with van der Waals surface area (Å²) >= 11 is 0. The van der Waals surface area contributed by atoms with E-state index in [2.05, 4.69) is 51.3 Å². The smallest absolute Gasteiger partial charge is 0.329 e. The van der Waals surface area contributed by atoms with Crippen LogP contribution in [-0.4, -0.2) is 124 Å². The number of primary amides is 1. The highest BCUT2D eigenvalue weighted by Gasteiger charge is 2.59. The quantitative estimate of drug-likeness (QED) is 0.0844. The molecule has 13 atom stereocenters. The Morgan fingerprint density at radius 1 is 0.750 bits per heavy atom. The van der Waals surface area contributed by atoms with E-state index in [-0.39, 0.29) is 60.4 Å². The van der Waals surface area contributed by atoms with E-state index in [9.17, 15) is 33.6 Å². The summed E-state index contributed by atoms with van der Waals surface area (Å²) in [6.07, 6.45) is 25.2. The molecule has 0 spiro atoms. The number of allylic oxidation sites excluding steroid dienone is 2. The third kappa shape index (κ3) is 12.4. The van der Waals surface area contributed by atoms with Crippen LogP contribution in [0, 0.1) is 52.3 Å². The van der Waals surface area contributed by atoms with Crippen molar-refractivity contribution in [2.75, 3.05) is 26.7 Å². The van der Waals surface area contributed by atoms with E-state index in [1.807, 2.05) is 38.1 Å². The molecule has 4 N–H and O–H groups in total. The molecule has 0 aromatic heterocycles. The molecule has 15 nitrogen and oxygen atoms in total. The van der Waals surface area contributed by atoms with E-state index < -0.39 is 47.9 Å². The van der Waals surface area contributed by atoms with Gasteiger partial charge in [0.1, 0.15) is 36.3 Å². The molecule has 6 fully saturated rings. The minimum Gasteiger partial charge on any atom is -0.461 e. The number of esters is 1. The van der Waals surface area contributed by atoms with Crippen molar-refractivity contribution in [3.63, 3.8) is 0 Å². The zero-order valence-electron chi connectivity index (χ0n) is 47.6. The van der Waals surface area contributed by atoms with Gasteiger partial charge < -0.3 is 40.7 Å². The number of amides is 6. The highest BCUT2D eigenvalue weighted by Crippen LogP contribution is 2.67. The van der Waals surface area contributed by atoms with Gasteiger partial charge in [-0.2, -0.15) is 0 Å². The molecule has 8 aliphatic rings. The van der Waals surface area contributed by atoms with Crippen LogP contribution in [0.4, 0.5) is 0 Å². The van der Waals surface area contributed by atoms with Crippen molar-refractivity contribution in [1.82, 2.24) is 30.2 Å². The maximum Gasteiger partial charge on any atom is 0.329 e. The van der Waals surface area contributed by atoms with Crippen LogP contribution in [0.2, 0.25) is 0 Å². The number of piperidine rings is 1. The lowest BCUT2D eigenvalue weighted by Gasteiger charge is -2.58. The van der Waals surface area contributed by atoms with Crippen LogP contribution in [0.3, 0.4) is 0 Å². The van der Waals surface area contributed by atoms with Crippen LogP contribution in [0.15, 0.2) is 35.7 Å². The monoisotopic (exact) mass is 1050 g/mol. The molecule has 3 saturated heterocycles. The first-order chi connectivity index (χ1) is 36.2. The third-order valence-corrected chi connectivity index (χ3v) is 20.2. The number of hydrogen-bond acceptors (Lipinski definition) is 9. The van der Waals surface area contributed by atoms with E-state index in [1.54, 1.807) is 16.0 Å². The van der Waals surface area contributed by atoms with Crippen molar-refractivity contribution in [2.45, 2.75) is 226 Å². The fraction of sp³-hybridized carbons (Fsp3) is 0.787. The van der Waals surface area contributed by atoms with Crippen molar-refractivity contribution in [1.29, 1.82) is 0 Å². The predicted octanol–water partition coefficient (Wildman–Crippen LogP) is 8.32. The number of rotatable bonds is 19. The fourth-order valence-electron chi connectivity index (χ4n) is 16.2. The molecule has 4 heterocycles. The van der Waals surface area contributed by atoms with E-state index in [0.717, 1.165) is 55.8 Å². The van der Waals surface area contributed by atoms with Gasteiger partial charge in [-0.05, 0) is 168 Å². The fourth-order valence-corrected chi connectivity index (χ4v) is 16.2. The second kappa shape index (κ2) is 24.5. The molecule has 6 amide bonds. The van der Waals surface area contributed by atoms with Gasteiger partial charge in [0.05, 0.1) is 0 Å². The minimum absolute atomic E-state index is 0.0222. The third-order valence-electron chi connectivity index (χ3n) is 20.2. The summed E-state index contributed by atoms with van der Waals surface area (Å²) in [6.45, 7) is 17.4. The van der Waals surface area contributed by atoms with Gasteiger partial charge in [0, 0.05) is 51.3 Å². The summed E-state index contributed by atoms with van der Waals surface area (Å²) in [4.78, 5) is 104. The lowest BCUT2D eigenvalue weighted by atomic mass is 9.47. The average Bonchev–Trinajstić information content (AvgIpc) is 4.18. The normalized spacial score (nSPS) is 32.4. The van der Waals surface area contributed by atoms with Gasteiger partial charge in [-0.3, -0.25) is 28.8 Å². The standard InChI is InChI=1S/C61H95N7O8/c1-38(2)15-11-16-40(5)45-23-24-46-44-22-21-42-36-43(27-29-60(42,6)47(44)28-30-61(45,46)7)76-59(75)52-18-9-10-32-68(52)57(73)49(35-39(3)4)64-54(70)48(25-26-53(62)69)63-55(71)50-19-13-33-66(50)58(74)51-20-14-34-67(51)56(72)41-17-12-31-65(8)37-41/h12,21,31,37-40,43-52H,9-11,13-20,22-30,32-36H2,1-8H3,(H2,62,69)(H,63,71)(H,64,70)/t40-,43+,44+,45-,46+,47+,48+,49+,50+,51+,52+,60+,61-/m1/s1. The van der Waals surface area contributed by atoms with E-state index in [1.165, 1.54) is 55.4 Å². The Morgan fingerprint density at radius 3 is 2.20 bits per heavy atom. The molecule has 8 rings (SSSR count). The van der Waals surface area contributed by atoms with Crippen molar-refractivity contribution in [2.24, 2.45) is 58.0 Å². The van der Waals surface area contributed by atoms with Gasteiger partial charge in [0.2, 0.25) is 29.5 Å². The molecule has 0 aromatic carbocycles. The average molecular weight is 1050 g/mol. The lowest BCUT2D eigenvalue weighted by molar-refractivity contribution is -0.164. The van der Waals surface area contributed by atoms with E-state index >= 15 is 0 Å². The van der Waals surface area contributed by atoms with Crippen molar-refractivity contribution in [3.05, 3.63) is 35.7 Å². The zero-order chi connectivity index (χ0) is 54.6. The van der Waals surface area contributed by atoms with Gasteiger partial charge in [0.25, 0.3) is 5.91 Å². The molecular weight excluding hydrogens is 959 g/mol. The SMILES string of the molecule is CC(C)CCC[C@@H](C)[C@H]1CC[C@H]2[C@@H]3CC=C4C[C@@H](OC(=O)[C@@H]5CCCCN5C(=O)[C@H](CC(C)C)NC(=O)[C@H](CCC(N)=O)NC(=O)[C@@H]5CCCN5C(=O)[C@@H]5CCCN5C(=O)C5=CN(C)C=CC5)CC[C@]4(C)[C@H]3CC[C@]12C. The van der Waals surface area contributed by atoms with Gasteiger partial charge in [-0.1, -0.05) is 85.5 Å². The highest BCUT2D eigenvalue weighted by atomic mass is 16.5. The lowest BCUT2D eigenvalue weighted by Crippen LogP contribution is -2.60. The number of nitrogens with zero attached hydrogens (tertiary/aromatic N) is 4. The summed E-state index contributed by atoms with van der Waals surface area (Å²) in [5, 5.41) is 5.77. The number of nitrogens with two attached hydrogens (primary N) is 1. The molecule has 0 unspecified atom stereocenters. The Hall–Kier alpha value is -4.69. The first-order valence-corrected chi connectivity index (χ1v) is 30.0. The van der Waals surface area contributed by atoms with Crippen LogP contribution in [-0.2, 0) is 38.3 Å². The number of carbonyl (C=O) groups excluding carboxylic acids is 7. The summed E-state index contributed by atoms with van der Waals surface area (Å²) in [5.41, 5.74) is 8.14. The van der Waals surface area contributed by atoms with E-state index in [0.29, 0.717) is 87.4 Å².